The second-order valence-electron chi connectivity index (χ2n) is 5.50. The third-order valence-electron chi connectivity index (χ3n) is 3.96. The van der Waals surface area contributed by atoms with Crippen LogP contribution in [-0.4, -0.2) is 18.4 Å². The largest absolute Gasteiger partial charge is 0.369 e. The average Bonchev–Trinajstić information content (AvgIpc) is 2.38. The fourth-order valence-corrected chi connectivity index (χ4v) is 2.85. The third-order valence-corrected chi connectivity index (χ3v) is 3.96. The van der Waals surface area contributed by atoms with Gasteiger partial charge in [-0.05, 0) is 37.8 Å². The van der Waals surface area contributed by atoms with Crippen LogP contribution < -0.4 is 4.90 Å². The van der Waals surface area contributed by atoms with Crippen LogP contribution >= 0.6 is 0 Å². The minimum atomic E-state index is 0.231. The first kappa shape index (κ1) is 13.1. The molecule has 18 heavy (non-hydrogen) atoms. The summed E-state index contributed by atoms with van der Waals surface area (Å²) in [6.07, 6.45) is 3.07. The van der Waals surface area contributed by atoms with Gasteiger partial charge in [-0.15, -0.1) is 0 Å². The number of rotatable bonds is 3. The molecule has 2 heteroatoms. The van der Waals surface area contributed by atoms with Gasteiger partial charge in [0, 0.05) is 30.3 Å². The van der Waals surface area contributed by atoms with Crippen LogP contribution in [-0.2, 0) is 0 Å². The number of piperidine rings is 1. The summed E-state index contributed by atoms with van der Waals surface area (Å²) >= 11 is 0. The minimum absolute atomic E-state index is 0.231. The van der Waals surface area contributed by atoms with E-state index < -0.39 is 0 Å². The highest BCUT2D eigenvalue weighted by Gasteiger charge is 2.23. The van der Waals surface area contributed by atoms with Crippen molar-refractivity contribution in [1.82, 2.24) is 0 Å². The summed E-state index contributed by atoms with van der Waals surface area (Å²) in [5.41, 5.74) is 2.05. The molecule has 2 unspecified atom stereocenters. The summed E-state index contributed by atoms with van der Waals surface area (Å²) in [7, 11) is 0. The second kappa shape index (κ2) is 5.55. The quantitative estimate of drug-likeness (QED) is 0.753. The first-order valence-corrected chi connectivity index (χ1v) is 7.01. The van der Waals surface area contributed by atoms with Crippen molar-refractivity contribution in [2.75, 3.05) is 11.4 Å². The lowest BCUT2D eigenvalue weighted by atomic mass is 9.92. The van der Waals surface area contributed by atoms with Crippen LogP contribution in [0.4, 0.5) is 5.69 Å². The molecule has 1 aromatic rings. The highest BCUT2D eigenvalue weighted by atomic mass is 16.1. The number of hydrogen-bond acceptors (Lipinski definition) is 2. The molecular formula is C16H23NO. The van der Waals surface area contributed by atoms with E-state index in [1.54, 1.807) is 0 Å². The number of hydrogen-bond donors (Lipinski definition) is 0. The Morgan fingerprint density at radius 3 is 2.83 bits per heavy atom. The van der Waals surface area contributed by atoms with Gasteiger partial charge in [-0.2, -0.15) is 0 Å². The van der Waals surface area contributed by atoms with Gasteiger partial charge < -0.3 is 4.90 Å². The van der Waals surface area contributed by atoms with Gasteiger partial charge in [-0.1, -0.05) is 26.0 Å². The van der Waals surface area contributed by atoms with Crippen molar-refractivity contribution in [3.8, 4) is 0 Å². The van der Waals surface area contributed by atoms with Crippen LogP contribution in [0.5, 0.6) is 0 Å². The molecule has 1 fully saturated rings. The Kier molecular flexibility index (Phi) is 4.05. The first-order chi connectivity index (χ1) is 8.61. The SMILES string of the molecule is CCC(=O)c1cccc(N2CCC(C)CC2C)c1. The number of ketones is 1. The van der Waals surface area contributed by atoms with Crippen LogP contribution in [0, 0.1) is 5.92 Å². The van der Waals surface area contributed by atoms with Gasteiger partial charge in [0.15, 0.2) is 5.78 Å². The summed E-state index contributed by atoms with van der Waals surface area (Å²) in [5, 5.41) is 0. The van der Waals surface area contributed by atoms with E-state index >= 15 is 0 Å². The van der Waals surface area contributed by atoms with Gasteiger partial charge in [-0.3, -0.25) is 4.79 Å². The molecule has 0 bridgehead atoms. The molecule has 98 valence electrons. The number of Topliss-reactive ketones (excluding diaryl/α,β-unsaturated/α-hetero) is 1. The molecule has 0 aliphatic carbocycles. The normalized spacial score (nSPS) is 24.1. The van der Waals surface area contributed by atoms with Crippen molar-refractivity contribution < 1.29 is 4.79 Å². The molecule has 0 amide bonds. The Morgan fingerprint density at radius 1 is 1.39 bits per heavy atom. The Bertz CT molecular complexity index is 427. The van der Waals surface area contributed by atoms with Crippen molar-refractivity contribution in [2.45, 2.75) is 46.1 Å². The zero-order chi connectivity index (χ0) is 13.1. The van der Waals surface area contributed by atoms with Crippen molar-refractivity contribution in [2.24, 2.45) is 5.92 Å². The maximum Gasteiger partial charge on any atom is 0.162 e. The molecule has 0 aromatic heterocycles. The summed E-state index contributed by atoms with van der Waals surface area (Å²) in [4.78, 5) is 14.2. The van der Waals surface area contributed by atoms with E-state index in [2.05, 4.69) is 30.9 Å². The fourth-order valence-electron chi connectivity index (χ4n) is 2.85. The number of carbonyl (C=O) groups is 1. The topological polar surface area (TPSA) is 20.3 Å². The van der Waals surface area contributed by atoms with Crippen LogP contribution in [0.1, 0.15) is 50.4 Å². The fraction of sp³-hybridized carbons (Fsp3) is 0.562. The summed E-state index contributed by atoms with van der Waals surface area (Å²) in [6.45, 7) is 7.63. The van der Waals surface area contributed by atoms with E-state index in [1.165, 1.54) is 18.5 Å². The second-order valence-corrected chi connectivity index (χ2v) is 5.50. The van der Waals surface area contributed by atoms with E-state index in [0.717, 1.165) is 18.0 Å². The third kappa shape index (κ3) is 2.74. The van der Waals surface area contributed by atoms with Crippen molar-refractivity contribution in [3.63, 3.8) is 0 Å². The summed E-state index contributed by atoms with van der Waals surface area (Å²) in [6, 6.07) is 8.67. The predicted molar refractivity (Wildman–Crippen MR) is 76.3 cm³/mol. The molecule has 2 nitrogen and oxygen atoms in total. The number of anilines is 1. The number of benzene rings is 1. The molecule has 1 aliphatic rings. The molecule has 1 saturated heterocycles. The highest BCUT2D eigenvalue weighted by Crippen LogP contribution is 2.28. The lowest BCUT2D eigenvalue weighted by Gasteiger charge is -2.38. The lowest BCUT2D eigenvalue weighted by molar-refractivity contribution is 0.0988. The smallest absolute Gasteiger partial charge is 0.162 e. The zero-order valence-electron chi connectivity index (χ0n) is 11.6. The van der Waals surface area contributed by atoms with Crippen molar-refractivity contribution >= 4 is 11.5 Å². The molecule has 0 radical (unpaired) electrons. The summed E-state index contributed by atoms with van der Waals surface area (Å²) < 4.78 is 0. The average molecular weight is 245 g/mol. The van der Waals surface area contributed by atoms with Crippen LogP contribution in [0.2, 0.25) is 0 Å². The van der Waals surface area contributed by atoms with Gasteiger partial charge in [0.1, 0.15) is 0 Å². The first-order valence-electron chi connectivity index (χ1n) is 7.01. The van der Waals surface area contributed by atoms with E-state index in [9.17, 15) is 4.79 Å². The molecule has 1 aliphatic heterocycles. The van der Waals surface area contributed by atoms with E-state index in [4.69, 9.17) is 0 Å². The maximum absolute atomic E-state index is 11.8. The monoisotopic (exact) mass is 245 g/mol. The standard InChI is InChI=1S/C16H23NO/c1-4-16(18)14-6-5-7-15(11-14)17-9-8-12(2)10-13(17)3/h5-7,11-13H,4,8-10H2,1-3H3. The van der Waals surface area contributed by atoms with Crippen molar-refractivity contribution in [1.29, 1.82) is 0 Å². The predicted octanol–water partition coefficient (Wildman–Crippen LogP) is 3.90. The molecule has 1 aromatic carbocycles. The Labute approximate surface area is 110 Å². The van der Waals surface area contributed by atoms with E-state index in [0.29, 0.717) is 12.5 Å². The number of carbonyl (C=O) groups excluding carboxylic acids is 1. The lowest BCUT2D eigenvalue weighted by Crippen LogP contribution is -2.40. The van der Waals surface area contributed by atoms with Crippen LogP contribution in [0.15, 0.2) is 24.3 Å². The Balaban J connectivity index is 2.20. The van der Waals surface area contributed by atoms with E-state index in [-0.39, 0.29) is 5.78 Å². The molecule has 2 atom stereocenters. The van der Waals surface area contributed by atoms with Gasteiger partial charge >= 0.3 is 0 Å². The molecule has 0 saturated carbocycles. The number of nitrogens with zero attached hydrogens (tertiary/aromatic N) is 1. The summed E-state index contributed by atoms with van der Waals surface area (Å²) in [5.74, 6) is 1.05. The minimum Gasteiger partial charge on any atom is -0.369 e. The molecule has 0 N–H and O–H groups in total. The van der Waals surface area contributed by atoms with Gasteiger partial charge in [0.05, 0.1) is 0 Å². The Hall–Kier alpha value is -1.31. The van der Waals surface area contributed by atoms with Gasteiger partial charge in [0.25, 0.3) is 0 Å². The molecule has 1 heterocycles. The molecule has 2 rings (SSSR count). The van der Waals surface area contributed by atoms with Gasteiger partial charge in [0.2, 0.25) is 0 Å². The molecule has 0 spiro atoms. The van der Waals surface area contributed by atoms with E-state index in [1.807, 2.05) is 19.1 Å². The molecular weight excluding hydrogens is 222 g/mol. The highest BCUT2D eigenvalue weighted by molar-refractivity contribution is 5.96. The van der Waals surface area contributed by atoms with Crippen LogP contribution in [0.3, 0.4) is 0 Å². The van der Waals surface area contributed by atoms with Gasteiger partial charge in [-0.25, -0.2) is 0 Å². The zero-order valence-corrected chi connectivity index (χ0v) is 11.6. The van der Waals surface area contributed by atoms with Crippen molar-refractivity contribution in [3.05, 3.63) is 29.8 Å². The maximum atomic E-state index is 11.8. The van der Waals surface area contributed by atoms with Crippen LogP contribution in [0.25, 0.3) is 0 Å². The Morgan fingerprint density at radius 2 is 2.17 bits per heavy atom.